The quantitative estimate of drug-likeness (QED) is 0.897. The Balaban J connectivity index is 2.40. The van der Waals surface area contributed by atoms with E-state index in [0.29, 0.717) is 0 Å². The Morgan fingerprint density at radius 1 is 1.32 bits per heavy atom. The molecule has 0 aliphatic heterocycles. The average Bonchev–Trinajstić information content (AvgIpc) is 2.86. The zero-order chi connectivity index (χ0) is 13.8. The van der Waals surface area contributed by atoms with Crippen molar-refractivity contribution in [3.8, 4) is 5.75 Å². The predicted molar refractivity (Wildman–Crippen MR) is 76.4 cm³/mol. The van der Waals surface area contributed by atoms with Crippen LogP contribution in [0.1, 0.15) is 30.8 Å². The molecule has 0 aliphatic carbocycles. The Morgan fingerprint density at radius 2 is 2.00 bits per heavy atom. The Bertz CT molecular complexity index is 518. The molecule has 2 atom stereocenters. The van der Waals surface area contributed by atoms with E-state index in [1.807, 2.05) is 31.5 Å². The summed E-state index contributed by atoms with van der Waals surface area (Å²) in [5, 5.41) is 0. The van der Waals surface area contributed by atoms with Crippen LogP contribution in [0.2, 0.25) is 0 Å². The number of nitrogens with two attached hydrogens (primary N) is 1. The molecule has 1 aromatic carbocycles. The van der Waals surface area contributed by atoms with Gasteiger partial charge in [-0.25, -0.2) is 4.98 Å². The van der Waals surface area contributed by atoms with Crippen LogP contribution < -0.4 is 10.5 Å². The largest absolute Gasteiger partial charge is 0.497 e. The van der Waals surface area contributed by atoms with E-state index in [2.05, 4.69) is 28.6 Å². The molecule has 1 heterocycles. The summed E-state index contributed by atoms with van der Waals surface area (Å²) in [5.74, 6) is 1.83. The molecule has 2 unspecified atom stereocenters. The Labute approximate surface area is 114 Å². The van der Waals surface area contributed by atoms with Crippen molar-refractivity contribution in [3.63, 3.8) is 0 Å². The van der Waals surface area contributed by atoms with E-state index in [1.165, 1.54) is 5.56 Å². The number of rotatable bonds is 5. The van der Waals surface area contributed by atoms with Gasteiger partial charge in [0.15, 0.2) is 0 Å². The van der Waals surface area contributed by atoms with Crippen molar-refractivity contribution in [1.82, 2.24) is 9.55 Å². The van der Waals surface area contributed by atoms with Crippen LogP contribution in [0.5, 0.6) is 5.75 Å². The number of aryl methyl sites for hydroxylation is 1. The third-order valence-corrected chi connectivity index (χ3v) is 3.50. The third-order valence-electron chi connectivity index (χ3n) is 3.50. The lowest BCUT2D eigenvalue weighted by Crippen LogP contribution is -2.32. The lowest BCUT2D eigenvalue weighted by Gasteiger charge is -2.26. The smallest absolute Gasteiger partial charge is 0.118 e. The molecule has 2 N–H and O–H groups in total. The molecule has 0 saturated carbocycles. The number of methoxy groups -OCH3 is 1. The van der Waals surface area contributed by atoms with Gasteiger partial charge in [-0.3, -0.25) is 0 Å². The van der Waals surface area contributed by atoms with E-state index >= 15 is 0 Å². The summed E-state index contributed by atoms with van der Waals surface area (Å²) >= 11 is 0. The minimum atomic E-state index is 0.0568. The molecular formula is C15H21N3O. The van der Waals surface area contributed by atoms with Crippen LogP contribution >= 0.6 is 0 Å². The van der Waals surface area contributed by atoms with E-state index in [9.17, 15) is 0 Å². The number of ether oxygens (including phenoxy) is 1. The van der Waals surface area contributed by atoms with E-state index in [-0.39, 0.29) is 12.1 Å². The fourth-order valence-electron chi connectivity index (χ4n) is 2.32. The molecule has 4 heteroatoms. The van der Waals surface area contributed by atoms with Crippen LogP contribution in [0.15, 0.2) is 36.7 Å². The molecule has 0 amide bonds. The molecule has 1 aromatic heterocycles. The van der Waals surface area contributed by atoms with Crippen LogP contribution in [0.4, 0.5) is 0 Å². The molecule has 19 heavy (non-hydrogen) atoms. The first kappa shape index (κ1) is 13.6. The molecule has 2 rings (SSSR count). The van der Waals surface area contributed by atoms with Gasteiger partial charge in [0.1, 0.15) is 11.6 Å². The van der Waals surface area contributed by atoms with Gasteiger partial charge in [-0.05, 0) is 31.0 Å². The number of nitrogens with zero attached hydrogens (tertiary/aromatic N) is 2. The van der Waals surface area contributed by atoms with Gasteiger partial charge < -0.3 is 15.0 Å². The Morgan fingerprint density at radius 3 is 2.47 bits per heavy atom. The summed E-state index contributed by atoms with van der Waals surface area (Å²) in [6.07, 6.45) is 4.71. The van der Waals surface area contributed by atoms with Gasteiger partial charge in [-0.1, -0.05) is 19.1 Å². The number of aromatic nitrogens is 2. The van der Waals surface area contributed by atoms with Crippen LogP contribution in [0, 0.1) is 6.92 Å². The highest BCUT2D eigenvalue weighted by Gasteiger charge is 2.21. The summed E-state index contributed by atoms with van der Waals surface area (Å²) in [4.78, 5) is 4.30. The highest BCUT2D eigenvalue weighted by atomic mass is 16.5. The van der Waals surface area contributed by atoms with E-state index in [0.717, 1.165) is 18.0 Å². The van der Waals surface area contributed by atoms with Crippen LogP contribution in [-0.4, -0.2) is 22.7 Å². The topological polar surface area (TPSA) is 53.1 Å². The number of benzene rings is 1. The van der Waals surface area contributed by atoms with Crippen LogP contribution in [0.3, 0.4) is 0 Å². The van der Waals surface area contributed by atoms with Crippen LogP contribution in [0.25, 0.3) is 0 Å². The SMILES string of the molecule is CCC(N)C(c1ccc(OC)cc1)n1ccnc1C. The summed E-state index contributed by atoms with van der Waals surface area (Å²) in [7, 11) is 1.67. The van der Waals surface area contributed by atoms with Crippen molar-refractivity contribution in [2.45, 2.75) is 32.4 Å². The summed E-state index contributed by atoms with van der Waals surface area (Å²) < 4.78 is 7.33. The standard InChI is InChI=1S/C15H21N3O/c1-4-14(16)15(18-10-9-17-11(18)2)12-5-7-13(19-3)8-6-12/h5-10,14-15H,4,16H2,1-3H3. The van der Waals surface area contributed by atoms with Gasteiger partial charge in [0.05, 0.1) is 13.2 Å². The molecular weight excluding hydrogens is 238 g/mol. The number of hydrogen-bond donors (Lipinski definition) is 1. The predicted octanol–water partition coefficient (Wildman–Crippen LogP) is 2.53. The highest BCUT2D eigenvalue weighted by molar-refractivity contribution is 5.30. The first-order valence-electron chi connectivity index (χ1n) is 6.56. The zero-order valence-corrected chi connectivity index (χ0v) is 11.7. The minimum absolute atomic E-state index is 0.0568. The van der Waals surface area contributed by atoms with Crippen molar-refractivity contribution < 1.29 is 4.74 Å². The van der Waals surface area contributed by atoms with Gasteiger partial charge in [0.2, 0.25) is 0 Å². The van der Waals surface area contributed by atoms with Crippen molar-refractivity contribution in [1.29, 1.82) is 0 Å². The molecule has 102 valence electrons. The normalized spacial score (nSPS) is 14.1. The molecule has 0 fully saturated rings. The lowest BCUT2D eigenvalue weighted by atomic mass is 9.97. The minimum Gasteiger partial charge on any atom is -0.497 e. The second-order valence-electron chi connectivity index (χ2n) is 4.67. The van der Waals surface area contributed by atoms with Gasteiger partial charge in [-0.2, -0.15) is 0 Å². The van der Waals surface area contributed by atoms with Gasteiger partial charge >= 0.3 is 0 Å². The summed E-state index contributed by atoms with van der Waals surface area (Å²) in [5.41, 5.74) is 7.48. The van der Waals surface area contributed by atoms with Crippen molar-refractivity contribution >= 4 is 0 Å². The van der Waals surface area contributed by atoms with Gasteiger partial charge in [-0.15, -0.1) is 0 Å². The first-order chi connectivity index (χ1) is 9.17. The van der Waals surface area contributed by atoms with Crippen LogP contribution in [-0.2, 0) is 0 Å². The third kappa shape index (κ3) is 2.79. The maximum atomic E-state index is 6.30. The van der Waals surface area contributed by atoms with E-state index in [1.54, 1.807) is 7.11 Å². The Kier molecular flexibility index (Phi) is 4.22. The molecule has 0 radical (unpaired) electrons. The number of hydrogen-bond acceptors (Lipinski definition) is 3. The van der Waals surface area contributed by atoms with E-state index < -0.39 is 0 Å². The van der Waals surface area contributed by atoms with Crippen molar-refractivity contribution in [2.75, 3.05) is 7.11 Å². The van der Waals surface area contributed by atoms with Crippen molar-refractivity contribution in [2.24, 2.45) is 5.73 Å². The summed E-state index contributed by atoms with van der Waals surface area (Å²) in [6.45, 7) is 4.10. The maximum absolute atomic E-state index is 6.30. The average molecular weight is 259 g/mol. The highest BCUT2D eigenvalue weighted by Crippen LogP contribution is 2.25. The van der Waals surface area contributed by atoms with Gasteiger partial charge in [0.25, 0.3) is 0 Å². The fraction of sp³-hybridized carbons (Fsp3) is 0.400. The molecule has 0 aliphatic rings. The van der Waals surface area contributed by atoms with Gasteiger partial charge in [0, 0.05) is 18.4 Å². The summed E-state index contributed by atoms with van der Waals surface area (Å²) in [6, 6.07) is 8.24. The lowest BCUT2D eigenvalue weighted by molar-refractivity contribution is 0.413. The molecule has 0 spiro atoms. The monoisotopic (exact) mass is 259 g/mol. The zero-order valence-electron chi connectivity index (χ0n) is 11.7. The molecule has 4 nitrogen and oxygen atoms in total. The molecule has 2 aromatic rings. The molecule has 0 saturated heterocycles. The van der Waals surface area contributed by atoms with Crippen molar-refractivity contribution in [3.05, 3.63) is 48.0 Å². The molecule has 0 bridgehead atoms. The second kappa shape index (κ2) is 5.89. The maximum Gasteiger partial charge on any atom is 0.118 e. The fourth-order valence-corrected chi connectivity index (χ4v) is 2.32. The second-order valence-corrected chi connectivity index (χ2v) is 4.67. The number of imidazole rings is 1. The van der Waals surface area contributed by atoms with E-state index in [4.69, 9.17) is 10.5 Å². The first-order valence-corrected chi connectivity index (χ1v) is 6.56. The Hall–Kier alpha value is -1.81.